The summed E-state index contributed by atoms with van der Waals surface area (Å²) in [5, 5.41) is 10.1. The predicted octanol–water partition coefficient (Wildman–Crippen LogP) is 3.63. The second-order valence-corrected chi connectivity index (χ2v) is 6.63. The van der Waals surface area contributed by atoms with Gasteiger partial charge >= 0.3 is 6.18 Å². The Bertz CT molecular complexity index is 790. The number of thioether (sulfide) groups is 1. The molecule has 132 valence electrons. The monoisotopic (exact) mass is 367 g/mol. The van der Waals surface area contributed by atoms with Crippen molar-refractivity contribution in [3.8, 4) is 0 Å². The number of anilines is 1. The Morgan fingerprint density at radius 2 is 1.84 bits per heavy atom. The van der Waals surface area contributed by atoms with Crippen LogP contribution in [0.3, 0.4) is 0 Å². The summed E-state index contributed by atoms with van der Waals surface area (Å²) in [5.74, 6) is -0.00303. The van der Waals surface area contributed by atoms with Crippen LogP contribution in [0.2, 0.25) is 0 Å². The molecule has 1 aromatic carbocycles. The maximum atomic E-state index is 13.3. The lowest BCUT2D eigenvalue weighted by atomic mass is 10.2. The van der Waals surface area contributed by atoms with Crippen LogP contribution < -0.4 is 4.90 Å². The highest BCUT2D eigenvalue weighted by atomic mass is 32.2. The number of nitrogens with zero attached hydrogens (tertiary/aromatic N) is 3. The molecule has 0 saturated carbocycles. The Balaban J connectivity index is 2.06. The summed E-state index contributed by atoms with van der Waals surface area (Å²) >= 11 is 1.53. The van der Waals surface area contributed by atoms with Gasteiger partial charge in [0.15, 0.2) is 5.84 Å². The van der Waals surface area contributed by atoms with E-state index in [0.29, 0.717) is 5.69 Å². The van der Waals surface area contributed by atoms with Gasteiger partial charge in [-0.25, -0.2) is 4.99 Å². The van der Waals surface area contributed by atoms with Gasteiger partial charge in [0.05, 0.1) is 6.54 Å². The average Bonchev–Trinajstić information content (AvgIpc) is 2.95. The Hall–Kier alpha value is -2.06. The summed E-state index contributed by atoms with van der Waals surface area (Å²) in [4.78, 5) is 10.1. The largest absolute Gasteiger partial charge is 0.440 e. The van der Waals surface area contributed by atoms with E-state index in [4.69, 9.17) is 0 Å². The molecule has 8 heteroatoms. The quantitative estimate of drug-likeness (QED) is 0.842. The van der Waals surface area contributed by atoms with Gasteiger partial charge in [-0.3, -0.25) is 4.98 Å². The molecular weight excluding hydrogens is 351 g/mol. The fraction of sp³-hybridized carbons (Fsp3) is 0.294. The van der Waals surface area contributed by atoms with Crippen LogP contribution in [0.15, 0.2) is 52.5 Å². The van der Waals surface area contributed by atoms with Crippen LogP contribution in [0.25, 0.3) is 0 Å². The standard InChI is InChI=1S/C17H16F3N3OS/c1-11-3-8-14(21-9-11)15-22-16(24,17(18,19)20)10-23(15)12-4-6-13(25-2)7-5-12/h3-9,24H,10H2,1-2H3. The number of amidine groups is 1. The van der Waals surface area contributed by atoms with E-state index < -0.39 is 18.4 Å². The number of benzene rings is 1. The van der Waals surface area contributed by atoms with E-state index in [2.05, 4.69) is 9.98 Å². The molecule has 2 heterocycles. The average molecular weight is 367 g/mol. The normalized spacial score (nSPS) is 20.7. The summed E-state index contributed by atoms with van der Waals surface area (Å²) in [5.41, 5.74) is -1.49. The van der Waals surface area contributed by atoms with Crippen molar-refractivity contribution in [3.05, 3.63) is 53.9 Å². The molecule has 0 fully saturated rings. The van der Waals surface area contributed by atoms with Crippen molar-refractivity contribution in [2.75, 3.05) is 17.7 Å². The zero-order chi connectivity index (χ0) is 18.2. The van der Waals surface area contributed by atoms with Gasteiger partial charge in [0.25, 0.3) is 5.72 Å². The van der Waals surface area contributed by atoms with Crippen molar-refractivity contribution >= 4 is 23.3 Å². The predicted molar refractivity (Wildman–Crippen MR) is 92.1 cm³/mol. The maximum Gasteiger partial charge on any atom is 0.440 e. The van der Waals surface area contributed by atoms with E-state index in [9.17, 15) is 18.3 Å². The van der Waals surface area contributed by atoms with Crippen LogP contribution >= 0.6 is 11.8 Å². The number of pyridine rings is 1. The second kappa shape index (κ2) is 6.34. The Labute approximate surface area is 147 Å². The molecule has 1 aromatic heterocycles. The summed E-state index contributed by atoms with van der Waals surface area (Å²) in [6.45, 7) is 1.12. The number of aryl methyl sites for hydroxylation is 1. The molecule has 1 atom stereocenters. The molecule has 1 aliphatic heterocycles. The molecule has 0 amide bonds. The molecule has 1 unspecified atom stereocenters. The number of aromatic nitrogens is 1. The zero-order valence-electron chi connectivity index (χ0n) is 13.6. The first-order chi connectivity index (χ1) is 11.7. The van der Waals surface area contributed by atoms with E-state index in [1.807, 2.05) is 25.3 Å². The van der Waals surface area contributed by atoms with Gasteiger partial charge in [-0.2, -0.15) is 13.2 Å². The van der Waals surface area contributed by atoms with E-state index in [1.54, 1.807) is 30.5 Å². The number of rotatable bonds is 3. The lowest BCUT2D eigenvalue weighted by Gasteiger charge is -2.25. The highest BCUT2D eigenvalue weighted by Gasteiger charge is 2.59. The van der Waals surface area contributed by atoms with Gasteiger partial charge in [0, 0.05) is 16.8 Å². The highest BCUT2D eigenvalue weighted by molar-refractivity contribution is 7.98. The fourth-order valence-corrected chi connectivity index (χ4v) is 2.90. The van der Waals surface area contributed by atoms with Crippen LogP contribution in [0.4, 0.5) is 18.9 Å². The molecule has 0 radical (unpaired) electrons. The smallest absolute Gasteiger partial charge is 0.361 e. The van der Waals surface area contributed by atoms with E-state index in [1.165, 1.54) is 16.7 Å². The minimum atomic E-state index is -4.88. The fourth-order valence-electron chi connectivity index (χ4n) is 2.49. The Morgan fingerprint density at radius 1 is 1.16 bits per heavy atom. The van der Waals surface area contributed by atoms with Crippen LogP contribution in [-0.4, -0.2) is 40.6 Å². The summed E-state index contributed by atoms with van der Waals surface area (Å²) < 4.78 is 39.9. The van der Waals surface area contributed by atoms with Gasteiger partial charge in [0.2, 0.25) is 0 Å². The van der Waals surface area contributed by atoms with Gasteiger partial charge in [-0.05, 0) is 49.1 Å². The summed E-state index contributed by atoms with van der Waals surface area (Å²) in [6, 6.07) is 10.4. The molecule has 4 nitrogen and oxygen atoms in total. The van der Waals surface area contributed by atoms with Gasteiger partial charge < -0.3 is 10.0 Å². The van der Waals surface area contributed by atoms with E-state index >= 15 is 0 Å². The lowest BCUT2D eigenvalue weighted by molar-refractivity contribution is -0.249. The van der Waals surface area contributed by atoms with Crippen molar-refractivity contribution in [1.29, 1.82) is 0 Å². The van der Waals surface area contributed by atoms with Gasteiger partial charge in [0.1, 0.15) is 5.69 Å². The molecule has 0 aliphatic carbocycles. The van der Waals surface area contributed by atoms with Crippen molar-refractivity contribution < 1.29 is 18.3 Å². The number of aliphatic hydroxyl groups is 1. The SMILES string of the molecule is CSc1ccc(N2CC(O)(C(F)(F)F)N=C2c2ccc(C)cn2)cc1. The molecular formula is C17H16F3N3OS. The first kappa shape index (κ1) is 17.8. The van der Waals surface area contributed by atoms with Gasteiger partial charge in [-0.1, -0.05) is 6.07 Å². The van der Waals surface area contributed by atoms with Crippen molar-refractivity contribution in [1.82, 2.24) is 4.98 Å². The van der Waals surface area contributed by atoms with E-state index in [0.717, 1.165) is 10.5 Å². The number of alkyl halides is 3. The lowest BCUT2D eigenvalue weighted by Crippen LogP contribution is -2.47. The second-order valence-electron chi connectivity index (χ2n) is 5.75. The highest BCUT2D eigenvalue weighted by Crippen LogP contribution is 2.38. The van der Waals surface area contributed by atoms with Crippen LogP contribution in [0.5, 0.6) is 0 Å². The Morgan fingerprint density at radius 3 is 2.36 bits per heavy atom. The van der Waals surface area contributed by atoms with Gasteiger partial charge in [-0.15, -0.1) is 11.8 Å². The molecule has 3 rings (SSSR count). The molecule has 25 heavy (non-hydrogen) atoms. The topological polar surface area (TPSA) is 48.7 Å². The minimum Gasteiger partial charge on any atom is -0.361 e. The van der Waals surface area contributed by atoms with Crippen molar-refractivity contribution in [2.24, 2.45) is 4.99 Å². The molecule has 1 N–H and O–H groups in total. The first-order valence-electron chi connectivity index (χ1n) is 7.47. The third kappa shape index (κ3) is 3.36. The van der Waals surface area contributed by atoms with E-state index in [-0.39, 0.29) is 11.5 Å². The van der Waals surface area contributed by atoms with Crippen LogP contribution in [0, 0.1) is 6.92 Å². The van der Waals surface area contributed by atoms with Crippen LogP contribution in [0.1, 0.15) is 11.3 Å². The Kier molecular flexibility index (Phi) is 4.51. The molecule has 0 spiro atoms. The molecule has 1 aliphatic rings. The third-order valence-electron chi connectivity index (χ3n) is 3.90. The molecule has 0 saturated heterocycles. The van der Waals surface area contributed by atoms with Crippen molar-refractivity contribution in [2.45, 2.75) is 23.7 Å². The third-order valence-corrected chi connectivity index (χ3v) is 4.65. The summed E-state index contributed by atoms with van der Waals surface area (Å²) in [6.07, 6.45) is -1.41. The number of hydrogen-bond acceptors (Lipinski definition) is 5. The summed E-state index contributed by atoms with van der Waals surface area (Å²) in [7, 11) is 0. The number of halogens is 3. The first-order valence-corrected chi connectivity index (χ1v) is 8.69. The number of β-amino-alcohol motifs (C(OH)–C–C–N with tert-alkyl or cyclic N) is 1. The number of hydrogen-bond donors (Lipinski definition) is 1. The van der Waals surface area contributed by atoms with Crippen LogP contribution in [-0.2, 0) is 0 Å². The maximum absolute atomic E-state index is 13.3. The zero-order valence-corrected chi connectivity index (χ0v) is 14.4. The molecule has 0 bridgehead atoms. The minimum absolute atomic E-state index is 0.00303. The number of aliphatic imine (C=N–C) groups is 1. The molecule has 2 aromatic rings. The van der Waals surface area contributed by atoms with Crippen molar-refractivity contribution in [3.63, 3.8) is 0 Å².